The molecule has 3 atom stereocenters. The second-order valence-corrected chi connectivity index (χ2v) is 5.06. The van der Waals surface area contributed by atoms with Crippen molar-refractivity contribution in [2.75, 3.05) is 33.1 Å². The van der Waals surface area contributed by atoms with E-state index in [0.717, 1.165) is 0 Å². The number of amides is 1. The quantitative estimate of drug-likeness (QED) is 0.523. The minimum absolute atomic E-state index is 0.0231. The number of carbonyl (C=O) groups excluding carboxylic acids is 2. The molecule has 2 aliphatic rings. The van der Waals surface area contributed by atoms with Crippen LogP contribution in [0.25, 0.3) is 0 Å². The molecule has 2 aliphatic heterocycles. The Kier molecular flexibility index (Phi) is 4.44. The SMILES string of the molecule is COCCN1C(=O)OC(=O)C2CNC(SC)NC21. The normalized spacial score (nSPS) is 32.1. The van der Waals surface area contributed by atoms with E-state index in [1.54, 1.807) is 18.9 Å². The van der Waals surface area contributed by atoms with Gasteiger partial charge >= 0.3 is 12.1 Å². The Labute approximate surface area is 110 Å². The Morgan fingerprint density at radius 3 is 3.00 bits per heavy atom. The Morgan fingerprint density at radius 2 is 2.33 bits per heavy atom. The first kappa shape index (κ1) is 13.6. The topological polar surface area (TPSA) is 79.9 Å². The van der Waals surface area contributed by atoms with Crippen molar-refractivity contribution in [3.05, 3.63) is 0 Å². The molecule has 0 spiro atoms. The summed E-state index contributed by atoms with van der Waals surface area (Å²) in [6.07, 6.45) is 1.02. The van der Waals surface area contributed by atoms with Crippen LogP contribution in [0.4, 0.5) is 4.79 Å². The zero-order valence-electron chi connectivity index (χ0n) is 10.3. The Morgan fingerprint density at radius 1 is 1.56 bits per heavy atom. The lowest BCUT2D eigenvalue weighted by Crippen LogP contribution is -2.69. The number of nitrogens with one attached hydrogen (secondary N) is 2. The summed E-state index contributed by atoms with van der Waals surface area (Å²) in [5.74, 6) is -0.846. The molecule has 0 bridgehead atoms. The predicted octanol–water partition coefficient (Wildman–Crippen LogP) is -0.607. The van der Waals surface area contributed by atoms with E-state index in [1.165, 1.54) is 4.90 Å². The van der Waals surface area contributed by atoms with Gasteiger partial charge in [0.05, 0.1) is 6.61 Å². The molecule has 0 radical (unpaired) electrons. The van der Waals surface area contributed by atoms with Gasteiger partial charge in [-0.15, -0.1) is 11.8 Å². The van der Waals surface area contributed by atoms with Gasteiger partial charge in [0.1, 0.15) is 17.6 Å². The van der Waals surface area contributed by atoms with Gasteiger partial charge in [-0.3, -0.25) is 20.3 Å². The summed E-state index contributed by atoms with van der Waals surface area (Å²) >= 11 is 1.59. The maximum Gasteiger partial charge on any atom is 0.418 e. The van der Waals surface area contributed by atoms with Crippen molar-refractivity contribution >= 4 is 23.8 Å². The minimum atomic E-state index is -0.604. The van der Waals surface area contributed by atoms with Gasteiger partial charge in [-0.05, 0) is 6.26 Å². The zero-order valence-corrected chi connectivity index (χ0v) is 11.2. The molecule has 2 N–H and O–H groups in total. The van der Waals surface area contributed by atoms with E-state index in [-0.39, 0.29) is 17.6 Å². The number of nitrogens with zero attached hydrogens (tertiary/aromatic N) is 1. The molecule has 2 heterocycles. The lowest BCUT2D eigenvalue weighted by Gasteiger charge is -2.44. The number of fused-ring (bicyclic) bond motifs is 1. The van der Waals surface area contributed by atoms with E-state index >= 15 is 0 Å². The Bertz CT molecular complexity index is 341. The third-order valence-corrected chi connectivity index (χ3v) is 3.83. The first-order valence-corrected chi connectivity index (χ1v) is 6.99. The van der Waals surface area contributed by atoms with Crippen molar-refractivity contribution < 1.29 is 19.1 Å². The van der Waals surface area contributed by atoms with E-state index in [2.05, 4.69) is 10.6 Å². The van der Waals surface area contributed by atoms with Gasteiger partial charge < -0.3 is 9.47 Å². The molecule has 2 fully saturated rings. The summed E-state index contributed by atoms with van der Waals surface area (Å²) in [5, 5.41) is 6.40. The molecular formula is C10H17N3O4S. The number of carbonyl (C=O) groups is 2. The number of hydrogen-bond acceptors (Lipinski definition) is 7. The fourth-order valence-electron chi connectivity index (χ4n) is 2.10. The van der Waals surface area contributed by atoms with Crippen molar-refractivity contribution in [1.29, 1.82) is 0 Å². The molecule has 0 aliphatic carbocycles. The number of thioether (sulfide) groups is 1. The van der Waals surface area contributed by atoms with Crippen molar-refractivity contribution in [2.24, 2.45) is 5.92 Å². The second kappa shape index (κ2) is 5.87. The van der Waals surface area contributed by atoms with Crippen LogP contribution in [0.2, 0.25) is 0 Å². The van der Waals surface area contributed by atoms with Crippen molar-refractivity contribution in [3.8, 4) is 0 Å². The smallest absolute Gasteiger partial charge is 0.383 e. The monoisotopic (exact) mass is 275 g/mol. The maximum absolute atomic E-state index is 11.7. The summed E-state index contributed by atoms with van der Waals surface area (Å²) in [6, 6.07) is 0. The molecule has 3 unspecified atom stereocenters. The fourth-order valence-corrected chi connectivity index (χ4v) is 2.64. The number of rotatable bonds is 4. The molecule has 102 valence electrons. The van der Waals surface area contributed by atoms with Crippen LogP contribution in [0.1, 0.15) is 0 Å². The average molecular weight is 275 g/mol. The minimum Gasteiger partial charge on any atom is -0.383 e. The van der Waals surface area contributed by atoms with Gasteiger partial charge in [-0.1, -0.05) is 0 Å². The van der Waals surface area contributed by atoms with E-state index in [1.807, 2.05) is 6.26 Å². The molecule has 1 amide bonds. The van der Waals surface area contributed by atoms with Gasteiger partial charge in [-0.25, -0.2) is 4.79 Å². The number of ether oxygens (including phenoxy) is 2. The van der Waals surface area contributed by atoms with Crippen molar-refractivity contribution in [3.63, 3.8) is 0 Å². The molecule has 8 heteroatoms. The lowest BCUT2D eigenvalue weighted by atomic mass is 10.0. The number of hydrogen-bond donors (Lipinski definition) is 2. The fraction of sp³-hybridized carbons (Fsp3) is 0.800. The van der Waals surface area contributed by atoms with Gasteiger partial charge in [0.15, 0.2) is 0 Å². The Hall–Kier alpha value is -0.830. The highest BCUT2D eigenvalue weighted by molar-refractivity contribution is 7.99. The molecule has 0 aromatic rings. The van der Waals surface area contributed by atoms with E-state index in [9.17, 15) is 9.59 Å². The summed E-state index contributed by atoms with van der Waals surface area (Å²) in [7, 11) is 1.57. The summed E-state index contributed by atoms with van der Waals surface area (Å²) < 4.78 is 9.71. The van der Waals surface area contributed by atoms with Crippen LogP contribution < -0.4 is 10.6 Å². The van der Waals surface area contributed by atoms with Crippen LogP contribution in [-0.4, -0.2) is 61.7 Å². The molecule has 18 heavy (non-hydrogen) atoms. The zero-order chi connectivity index (χ0) is 13.1. The number of esters is 1. The van der Waals surface area contributed by atoms with E-state index in [4.69, 9.17) is 9.47 Å². The van der Waals surface area contributed by atoms with Crippen LogP contribution in [0.3, 0.4) is 0 Å². The van der Waals surface area contributed by atoms with Gasteiger partial charge in [0.25, 0.3) is 0 Å². The molecule has 0 aromatic heterocycles. The predicted molar refractivity (Wildman–Crippen MR) is 65.8 cm³/mol. The summed E-state index contributed by atoms with van der Waals surface area (Å²) in [5.41, 5.74) is 0.0231. The highest BCUT2D eigenvalue weighted by Gasteiger charge is 2.46. The third-order valence-electron chi connectivity index (χ3n) is 3.06. The van der Waals surface area contributed by atoms with Gasteiger partial charge in [0.2, 0.25) is 0 Å². The first-order valence-electron chi connectivity index (χ1n) is 5.71. The molecule has 7 nitrogen and oxygen atoms in total. The largest absolute Gasteiger partial charge is 0.418 e. The molecule has 0 aromatic carbocycles. The summed E-state index contributed by atoms with van der Waals surface area (Å²) in [6.45, 7) is 1.31. The standard InChI is InChI=1S/C10H17N3O4S/c1-16-4-3-13-7-6(8(14)17-10(13)15)5-11-9(12-7)18-2/h6-7,9,11-12H,3-5H2,1-2H3. The highest BCUT2D eigenvalue weighted by Crippen LogP contribution is 2.23. The Balaban J connectivity index is 2.11. The van der Waals surface area contributed by atoms with E-state index < -0.39 is 12.1 Å². The lowest BCUT2D eigenvalue weighted by molar-refractivity contribution is -0.153. The number of cyclic esters (lactones) is 2. The van der Waals surface area contributed by atoms with Crippen molar-refractivity contribution in [2.45, 2.75) is 11.7 Å². The van der Waals surface area contributed by atoms with E-state index in [0.29, 0.717) is 19.7 Å². The molecule has 0 saturated carbocycles. The second-order valence-electron chi connectivity index (χ2n) is 4.12. The molecule has 2 rings (SSSR count). The van der Waals surface area contributed by atoms with Crippen LogP contribution >= 0.6 is 11.8 Å². The van der Waals surface area contributed by atoms with Gasteiger partial charge in [-0.2, -0.15) is 0 Å². The van der Waals surface area contributed by atoms with Crippen LogP contribution in [0, 0.1) is 5.92 Å². The highest BCUT2D eigenvalue weighted by atomic mass is 32.2. The average Bonchev–Trinajstić information content (AvgIpc) is 2.38. The number of methoxy groups -OCH3 is 1. The first-order chi connectivity index (χ1) is 8.67. The van der Waals surface area contributed by atoms with Gasteiger partial charge in [0, 0.05) is 20.2 Å². The van der Waals surface area contributed by atoms with Crippen LogP contribution in [-0.2, 0) is 14.3 Å². The maximum atomic E-state index is 11.7. The van der Waals surface area contributed by atoms with Crippen molar-refractivity contribution in [1.82, 2.24) is 15.5 Å². The molecular weight excluding hydrogens is 258 g/mol. The van der Waals surface area contributed by atoms with Crippen LogP contribution in [0.5, 0.6) is 0 Å². The third kappa shape index (κ3) is 2.61. The summed E-state index contributed by atoms with van der Waals surface area (Å²) in [4.78, 5) is 24.9. The van der Waals surface area contributed by atoms with Crippen LogP contribution in [0.15, 0.2) is 0 Å². The molecule has 2 saturated heterocycles.